The van der Waals surface area contributed by atoms with Crippen LogP contribution < -0.4 is 0 Å². The van der Waals surface area contributed by atoms with Gasteiger partial charge in [-0.05, 0) is 36.6 Å². The molecule has 0 aromatic carbocycles. The average molecular weight is 295 g/mol. The first-order valence-electron chi connectivity index (χ1n) is 7.17. The maximum atomic E-state index is 12.4. The molecule has 1 spiro atoms. The molecule has 0 radical (unpaired) electrons. The summed E-state index contributed by atoms with van der Waals surface area (Å²) in [5.74, 6) is 0.721. The summed E-state index contributed by atoms with van der Waals surface area (Å²) in [6.45, 7) is 3.16. The van der Waals surface area contributed by atoms with E-state index < -0.39 is 0 Å². The van der Waals surface area contributed by atoms with Crippen molar-refractivity contribution in [1.82, 2.24) is 4.90 Å². The molecule has 2 aliphatic heterocycles. The van der Waals surface area contributed by atoms with Gasteiger partial charge in [0, 0.05) is 25.6 Å². The molecule has 3 heterocycles. The number of carbonyl (C=O) groups is 1. The van der Waals surface area contributed by atoms with Gasteiger partial charge in [0.15, 0.2) is 0 Å². The average Bonchev–Trinajstić information content (AvgIpc) is 3.18. The van der Waals surface area contributed by atoms with Crippen molar-refractivity contribution in [1.29, 1.82) is 0 Å². The van der Waals surface area contributed by atoms with Crippen LogP contribution >= 0.6 is 11.3 Å². The Morgan fingerprint density at radius 2 is 2.55 bits per heavy atom. The second-order valence-electron chi connectivity index (χ2n) is 5.83. The van der Waals surface area contributed by atoms with Gasteiger partial charge in [-0.1, -0.05) is 0 Å². The molecular formula is C15H21NO3S. The lowest BCUT2D eigenvalue weighted by Crippen LogP contribution is -2.35. The summed E-state index contributed by atoms with van der Waals surface area (Å²) < 4.78 is 11.2. The van der Waals surface area contributed by atoms with Gasteiger partial charge in [0.2, 0.25) is 0 Å². The molecule has 2 saturated heterocycles. The number of nitrogens with zero attached hydrogens (tertiary/aromatic N) is 1. The number of methoxy groups -OCH3 is 1. The quantitative estimate of drug-likeness (QED) is 0.856. The highest BCUT2D eigenvalue weighted by molar-refractivity contribution is 7.08. The number of thiophene rings is 1. The number of ether oxygens (including phenoxy) is 2. The van der Waals surface area contributed by atoms with E-state index in [4.69, 9.17) is 9.47 Å². The van der Waals surface area contributed by atoms with Crippen LogP contribution in [-0.2, 0) is 9.47 Å². The second kappa shape index (κ2) is 5.84. The molecule has 2 aliphatic rings. The number of amides is 1. The van der Waals surface area contributed by atoms with Crippen LogP contribution in [0.3, 0.4) is 0 Å². The predicted molar refractivity (Wildman–Crippen MR) is 78.1 cm³/mol. The van der Waals surface area contributed by atoms with E-state index in [9.17, 15) is 4.79 Å². The van der Waals surface area contributed by atoms with Gasteiger partial charge < -0.3 is 14.4 Å². The van der Waals surface area contributed by atoms with E-state index in [1.165, 1.54) is 0 Å². The Balaban J connectivity index is 1.58. The van der Waals surface area contributed by atoms with Crippen molar-refractivity contribution in [3.8, 4) is 0 Å². The van der Waals surface area contributed by atoms with Crippen molar-refractivity contribution in [2.24, 2.45) is 5.92 Å². The first kappa shape index (κ1) is 14.0. The molecule has 0 bridgehead atoms. The molecule has 1 aromatic heterocycles. The third-order valence-electron chi connectivity index (χ3n) is 4.39. The third kappa shape index (κ3) is 2.75. The number of rotatable bonds is 4. The fraction of sp³-hybridized carbons (Fsp3) is 0.667. The van der Waals surface area contributed by atoms with E-state index in [2.05, 4.69) is 0 Å². The van der Waals surface area contributed by atoms with Gasteiger partial charge in [-0.25, -0.2) is 0 Å². The molecule has 1 aromatic rings. The van der Waals surface area contributed by atoms with Crippen LogP contribution in [0.25, 0.3) is 0 Å². The smallest absolute Gasteiger partial charge is 0.254 e. The summed E-state index contributed by atoms with van der Waals surface area (Å²) in [6, 6.07) is 1.90. The Morgan fingerprint density at radius 3 is 3.30 bits per heavy atom. The molecule has 3 rings (SSSR count). The zero-order chi connectivity index (χ0) is 14.0. The Labute approximate surface area is 123 Å². The van der Waals surface area contributed by atoms with E-state index >= 15 is 0 Å². The fourth-order valence-electron chi connectivity index (χ4n) is 3.28. The van der Waals surface area contributed by atoms with Crippen molar-refractivity contribution in [2.75, 3.05) is 33.4 Å². The van der Waals surface area contributed by atoms with E-state index in [1.54, 1.807) is 18.4 Å². The Bertz CT molecular complexity index is 462. The van der Waals surface area contributed by atoms with Crippen LogP contribution in [0, 0.1) is 5.92 Å². The molecule has 2 unspecified atom stereocenters. The van der Waals surface area contributed by atoms with Crippen molar-refractivity contribution >= 4 is 17.2 Å². The van der Waals surface area contributed by atoms with Gasteiger partial charge in [0.05, 0.1) is 24.3 Å². The molecule has 2 atom stereocenters. The lowest BCUT2D eigenvalue weighted by atomic mass is 9.92. The van der Waals surface area contributed by atoms with E-state index in [0.717, 1.165) is 51.1 Å². The van der Waals surface area contributed by atoms with E-state index in [-0.39, 0.29) is 11.5 Å². The highest BCUT2D eigenvalue weighted by Crippen LogP contribution is 2.39. The van der Waals surface area contributed by atoms with Crippen molar-refractivity contribution in [2.45, 2.75) is 24.9 Å². The van der Waals surface area contributed by atoms with Gasteiger partial charge in [-0.2, -0.15) is 11.3 Å². The molecule has 1 amide bonds. The van der Waals surface area contributed by atoms with Crippen molar-refractivity contribution in [3.05, 3.63) is 22.4 Å². The van der Waals surface area contributed by atoms with Crippen LogP contribution in [-0.4, -0.2) is 49.8 Å². The zero-order valence-corrected chi connectivity index (χ0v) is 12.7. The summed E-state index contributed by atoms with van der Waals surface area (Å²) in [5, 5.41) is 3.87. The summed E-state index contributed by atoms with van der Waals surface area (Å²) in [5.41, 5.74) is 0.713. The van der Waals surface area contributed by atoms with Crippen LogP contribution in [0.15, 0.2) is 16.8 Å². The van der Waals surface area contributed by atoms with Crippen molar-refractivity contribution in [3.63, 3.8) is 0 Å². The highest BCUT2D eigenvalue weighted by atomic mass is 32.1. The van der Waals surface area contributed by atoms with E-state index in [0.29, 0.717) is 5.92 Å². The van der Waals surface area contributed by atoms with Gasteiger partial charge in [0.25, 0.3) is 5.91 Å². The molecule has 20 heavy (non-hydrogen) atoms. The molecular weight excluding hydrogens is 274 g/mol. The maximum Gasteiger partial charge on any atom is 0.254 e. The monoisotopic (exact) mass is 295 g/mol. The van der Waals surface area contributed by atoms with Gasteiger partial charge in [-0.3, -0.25) is 4.79 Å². The molecule has 4 nitrogen and oxygen atoms in total. The third-order valence-corrected chi connectivity index (χ3v) is 5.07. The summed E-state index contributed by atoms with van der Waals surface area (Å²) in [6.07, 6.45) is 3.08. The number of hydrogen-bond donors (Lipinski definition) is 0. The number of carbonyl (C=O) groups excluding carboxylic acids is 1. The molecule has 0 saturated carbocycles. The Kier molecular flexibility index (Phi) is 4.10. The highest BCUT2D eigenvalue weighted by Gasteiger charge is 2.46. The molecule has 0 aliphatic carbocycles. The van der Waals surface area contributed by atoms with E-state index in [1.807, 2.05) is 21.7 Å². The maximum absolute atomic E-state index is 12.4. The zero-order valence-electron chi connectivity index (χ0n) is 11.8. The lowest BCUT2D eigenvalue weighted by molar-refractivity contribution is 0.0113. The summed E-state index contributed by atoms with van der Waals surface area (Å²) in [4.78, 5) is 14.3. The van der Waals surface area contributed by atoms with Crippen molar-refractivity contribution < 1.29 is 14.3 Å². The minimum absolute atomic E-state index is 0.0932. The van der Waals surface area contributed by atoms with Gasteiger partial charge >= 0.3 is 0 Å². The van der Waals surface area contributed by atoms with Crippen LogP contribution in [0.1, 0.15) is 29.6 Å². The topological polar surface area (TPSA) is 38.8 Å². The SMILES string of the molecule is COCCC1COC2(CCN(C(=O)c3ccsc3)C2)C1. The minimum atomic E-state index is -0.0932. The Hall–Kier alpha value is -0.910. The number of likely N-dealkylation sites (tertiary alicyclic amines) is 1. The minimum Gasteiger partial charge on any atom is -0.385 e. The van der Waals surface area contributed by atoms with Crippen LogP contribution in [0.4, 0.5) is 0 Å². The molecule has 0 N–H and O–H groups in total. The van der Waals surface area contributed by atoms with Crippen LogP contribution in [0.2, 0.25) is 0 Å². The molecule has 5 heteroatoms. The lowest BCUT2D eigenvalue weighted by Gasteiger charge is -2.23. The van der Waals surface area contributed by atoms with Gasteiger partial charge in [-0.15, -0.1) is 0 Å². The normalized spacial score (nSPS) is 29.4. The summed E-state index contributed by atoms with van der Waals surface area (Å²) in [7, 11) is 1.74. The Morgan fingerprint density at radius 1 is 1.65 bits per heavy atom. The largest absolute Gasteiger partial charge is 0.385 e. The second-order valence-corrected chi connectivity index (χ2v) is 6.61. The number of hydrogen-bond acceptors (Lipinski definition) is 4. The van der Waals surface area contributed by atoms with Crippen LogP contribution in [0.5, 0.6) is 0 Å². The standard InChI is InChI=1S/C15H21NO3S/c1-18-6-2-12-8-15(19-9-12)4-5-16(11-15)14(17)13-3-7-20-10-13/h3,7,10,12H,2,4-6,8-9,11H2,1H3. The predicted octanol–water partition coefficient (Wildman–Crippen LogP) is 2.41. The van der Waals surface area contributed by atoms with Gasteiger partial charge in [0.1, 0.15) is 0 Å². The fourth-order valence-corrected chi connectivity index (χ4v) is 3.91. The summed E-state index contributed by atoms with van der Waals surface area (Å²) >= 11 is 1.57. The first-order valence-corrected chi connectivity index (χ1v) is 8.11. The molecule has 110 valence electrons. The molecule has 2 fully saturated rings. The first-order chi connectivity index (χ1) is 9.72.